The van der Waals surface area contributed by atoms with E-state index in [1.807, 2.05) is 36.4 Å². The Morgan fingerprint density at radius 1 is 0.935 bits per heavy atom. The highest BCUT2D eigenvalue weighted by Crippen LogP contribution is 2.25. The van der Waals surface area contributed by atoms with Gasteiger partial charge in [0.1, 0.15) is 17.8 Å². The number of aliphatic hydroxyl groups is 2. The summed E-state index contributed by atoms with van der Waals surface area (Å²) in [6.07, 6.45) is -2.06. The van der Waals surface area contributed by atoms with E-state index in [0.29, 0.717) is 11.1 Å². The highest BCUT2D eigenvalue weighted by molar-refractivity contribution is 6.07. The second-order valence-corrected chi connectivity index (χ2v) is 7.68. The molecule has 3 atom stereocenters. The molecule has 1 saturated heterocycles. The molecule has 1 heterocycles. The normalized spacial score (nSPS) is 22.9. The Labute approximate surface area is 179 Å². The summed E-state index contributed by atoms with van der Waals surface area (Å²) in [7, 11) is 0. The molecule has 2 amide bonds. The largest absolute Gasteiger partial charge is 0.387 e. The molecule has 0 bridgehead atoms. The van der Waals surface area contributed by atoms with Gasteiger partial charge in [-0.1, -0.05) is 54.6 Å². The van der Waals surface area contributed by atoms with Gasteiger partial charge in [0, 0.05) is 17.7 Å². The van der Waals surface area contributed by atoms with Crippen LogP contribution in [0.25, 0.3) is 10.8 Å². The van der Waals surface area contributed by atoms with E-state index in [9.17, 15) is 19.8 Å². The van der Waals surface area contributed by atoms with Gasteiger partial charge in [-0.2, -0.15) is 0 Å². The SMILES string of the molecule is O=C(NC[C@]1(O)CO[C@H](CNC(=O)c2cccc3ccccc23)[C@H]1O)c1ccccc1. The molecule has 0 aromatic heterocycles. The van der Waals surface area contributed by atoms with Crippen LogP contribution < -0.4 is 10.6 Å². The van der Waals surface area contributed by atoms with E-state index >= 15 is 0 Å². The van der Waals surface area contributed by atoms with E-state index < -0.39 is 17.8 Å². The van der Waals surface area contributed by atoms with Gasteiger partial charge in [0.05, 0.1) is 13.2 Å². The number of hydrogen-bond acceptors (Lipinski definition) is 5. The number of rotatable bonds is 6. The van der Waals surface area contributed by atoms with Gasteiger partial charge in [-0.15, -0.1) is 0 Å². The third kappa shape index (κ3) is 4.44. The van der Waals surface area contributed by atoms with Crippen molar-refractivity contribution in [2.75, 3.05) is 19.7 Å². The van der Waals surface area contributed by atoms with Crippen LogP contribution >= 0.6 is 0 Å². The van der Waals surface area contributed by atoms with Gasteiger partial charge in [-0.05, 0) is 29.0 Å². The molecule has 0 saturated carbocycles. The second-order valence-electron chi connectivity index (χ2n) is 7.68. The molecule has 3 aromatic rings. The van der Waals surface area contributed by atoms with Gasteiger partial charge in [-0.3, -0.25) is 9.59 Å². The number of fused-ring (bicyclic) bond motifs is 1. The molecule has 7 heteroatoms. The lowest BCUT2D eigenvalue weighted by Crippen LogP contribution is -2.53. The third-order valence-corrected chi connectivity index (χ3v) is 5.54. The van der Waals surface area contributed by atoms with Crippen molar-refractivity contribution in [1.29, 1.82) is 0 Å². The molecule has 31 heavy (non-hydrogen) atoms. The first kappa shape index (κ1) is 21.0. The van der Waals surface area contributed by atoms with Gasteiger partial charge in [-0.25, -0.2) is 0 Å². The number of hydrogen-bond donors (Lipinski definition) is 4. The molecular weight excluding hydrogens is 396 g/mol. The standard InChI is InChI=1S/C24H24N2O5/c27-21-20(13-25-23(29)19-12-6-10-16-7-4-5-11-18(16)19)31-15-24(21,30)14-26-22(28)17-8-2-1-3-9-17/h1-12,20-21,27,30H,13-15H2,(H,25,29)(H,26,28)/t20-,21-,24+/m1/s1. The molecule has 7 nitrogen and oxygen atoms in total. The number of nitrogens with one attached hydrogen (secondary N) is 2. The number of benzene rings is 3. The fraction of sp³-hybridized carbons (Fsp3) is 0.250. The fourth-order valence-corrected chi connectivity index (χ4v) is 3.74. The minimum Gasteiger partial charge on any atom is -0.387 e. The van der Waals surface area contributed by atoms with E-state index in [2.05, 4.69) is 10.6 Å². The summed E-state index contributed by atoms with van der Waals surface area (Å²) in [5.74, 6) is -0.644. The Morgan fingerprint density at radius 3 is 2.45 bits per heavy atom. The first-order chi connectivity index (χ1) is 15.0. The minimum atomic E-state index is -1.64. The molecule has 0 aliphatic carbocycles. The minimum absolute atomic E-state index is 0.0260. The van der Waals surface area contributed by atoms with E-state index in [1.54, 1.807) is 36.4 Å². The Balaban J connectivity index is 1.35. The maximum Gasteiger partial charge on any atom is 0.252 e. The predicted octanol–water partition coefficient (Wildman–Crippen LogP) is 1.49. The lowest BCUT2D eigenvalue weighted by molar-refractivity contribution is -0.0464. The topological polar surface area (TPSA) is 108 Å². The number of carbonyl (C=O) groups excluding carboxylic acids is 2. The third-order valence-electron chi connectivity index (χ3n) is 5.54. The molecular formula is C24H24N2O5. The second kappa shape index (κ2) is 8.85. The van der Waals surface area contributed by atoms with Gasteiger partial charge in [0.15, 0.2) is 0 Å². The van der Waals surface area contributed by atoms with Gasteiger partial charge in [0.2, 0.25) is 0 Å². The summed E-state index contributed by atoms with van der Waals surface area (Å²) in [6, 6.07) is 21.7. The molecule has 1 aliphatic heterocycles. The summed E-state index contributed by atoms with van der Waals surface area (Å²) in [5.41, 5.74) is -0.659. The van der Waals surface area contributed by atoms with Gasteiger partial charge < -0.3 is 25.6 Å². The summed E-state index contributed by atoms with van der Waals surface area (Å²) in [6.45, 7) is -0.300. The molecule has 0 unspecified atom stereocenters. The molecule has 1 aliphatic rings. The van der Waals surface area contributed by atoms with Crippen LogP contribution in [0.2, 0.25) is 0 Å². The maximum atomic E-state index is 12.7. The molecule has 1 fully saturated rings. The smallest absolute Gasteiger partial charge is 0.252 e. The molecule has 0 spiro atoms. The van der Waals surface area contributed by atoms with Crippen LogP contribution in [0.15, 0.2) is 72.8 Å². The number of carbonyl (C=O) groups is 2. The molecule has 160 valence electrons. The van der Waals surface area contributed by atoms with Gasteiger partial charge >= 0.3 is 0 Å². The number of amides is 2. The van der Waals surface area contributed by atoms with E-state index in [-0.39, 0.29) is 31.5 Å². The predicted molar refractivity (Wildman–Crippen MR) is 116 cm³/mol. The molecule has 4 rings (SSSR count). The summed E-state index contributed by atoms with van der Waals surface area (Å²) < 4.78 is 5.53. The van der Waals surface area contributed by atoms with Crippen molar-refractivity contribution in [3.63, 3.8) is 0 Å². The number of aliphatic hydroxyl groups excluding tert-OH is 1. The van der Waals surface area contributed by atoms with Crippen LogP contribution in [0.5, 0.6) is 0 Å². The zero-order valence-corrected chi connectivity index (χ0v) is 16.8. The van der Waals surface area contributed by atoms with Crippen LogP contribution in [0, 0.1) is 0 Å². The summed E-state index contributed by atoms with van der Waals surface area (Å²) in [4.78, 5) is 24.9. The Bertz CT molecular complexity index is 1080. The van der Waals surface area contributed by atoms with Crippen molar-refractivity contribution in [2.24, 2.45) is 0 Å². The Morgan fingerprint density at radius 2 is 1.65 bits per heavy atom. The van der Waals surface area contributed by atoms with Crippen molar-refractivity contribution in [1.82, 2.24) is 10.6 Å². The van der Waals surface area contributed by atoms with Crippen molar-refractivity contribution in [2.45, 2.75) is 17.8 Å². The van der Waals surface area contributed by atoms with Crippen LogP contribution in [0.3, 0.4) is 0 Å². The van der Waals surface area contributed by atoms with Gasteiger partial charge in [0.25, 0.3) is 11.8 Å². The lowest BCUT2D eigenvalue weighted by atomic mass is 9.96. The van der Waals surface area contributed by atoms with E-state index in [1.165, 1.54) is 0 Å². The monoisotopic (exact) mass is 420 g/mol. The van der Waals surface area contributed by atoms with Crippen molar-refractivity contribution >= 4 is 22.6 Å². The summed E-state index contributed by atoms with van der Waals surface area (Å²) in [5, 5.41) is 28.5. The van der Waals surface area contributed by atoms with Crippen LogP contribution in [-0.4, -0.2) is 59.5 Å². The maximum absolute atomic E-state index is 12.7. The summed E-state index contributed by atoms with van der Waals surface area (Å²) >= 11 is 0. The highest BCUT2D eigenvalue weighted by atomic mass is 16.5. The van der Waals surface area contributed by atoms with Crippen molar-refractivity contribution in [3.05, 3.63) is 83.9 Å². The average molecular weight is 420 g/mol. The molecule has 4 N–H and O–H groups in total. The quantitative estimate of drug-likeness (QED) is 0.483. The molecule has 3 aromatic carbocycles. The zero-order valence-electron chi connectivity index (χ0n) is 16.8. The van der Waals surface area contributed by atoms with Crippen LogP contribution in [0.1, 0.15) is 20.7 Å². The average Bonchev–Trinajstić information content (AvgIpc) is 3.10. The Kier molecular flexibility index (Phi) is 5.99. The first-order valence-corrected chi connectivity index (χ1v) is 10.1. The zero-order chi connectivity index (χ0) is 21.8. The van der Waals surface area contributed by atoms with E-state index in [4.69, 9.17) is 4.74 Å². The van der Waals surface area contributed by atoms with Crippen molar-refractivity contribution in [3.8, 4) is 0 Å². The highest BCUT2D eigenvalue weighted by Gasteiger charge is 2.48. The van der Waals surface area contributed by atoms with E-state index in [0.717, 1.165) is 10.8 Å². The van der Waals surface area contributed by atoms with Crippen LogP contribution in [-0.2, 0) is 4.74 Å². The first-order valence-electron chi connectivity index (χ1n) is 10.1. The van der Waals surface area contributed by atoms with Crippen LogP contribution in [0.4, 0.5) is 0 Å². The molecule has 0 radical (unpaired) electrons. The fourth-order valence-electron chi connectivity index (χ4n) is 3.74. The van der Waals surface area contributed by atoms with Crippen molar-refractivity contribution < 1.29 is 24.5 Å². The lowest BCUT2D eigenvalue weighted by Gasteiger charge is -2.26. The number of ether oxygens (including phenoxy) is 1. The Hall–Kier alpha value is -3.26.